The molecule has 156 valence electrons. The Kier molecular flexibility index (Phi) is 5.61. The van der Waals surface area contributed by atoms with Crippen LogP contribution >= 0.6 is 11.6 Å². The highest BCUT2D eigenvalue weighted by atomic mass is 35.5. The summed E-state index contributed by atoms with van der Waals surface area (Å²) < 4.78 is 17.9. The molecule has 0 bridgehead atoms. The fourth-order valence-corrected chi connectivity index (χ4v) is 4.76. The zero-order valence-electron chi connectivity index (χ0n) is 16.5. The molecular weight excluding hydrogens is 392 g/mol. The number of hydrogen-bond acceptors (Lipinski definition) is 7. The molecular formula is C21H27ClN4O3. The number of anilines is 1. The number of likely N-dealkylation sites (tertiary alicyclic amines) is 1. The van der Waals surface area contributed by atoms with Crippen molar-refractivity contribution in [3.05, 3.63) is 34.7 Å². The number of aromatic nitrogens is 2. The van der Waals surface area contributed by atoms with E-state index in [1.807, 2.05) is 18.2 Å². The number of benzene rings is 1. The van der Waals surface area contributed by atoms with Gasteiger partial charge in [-0.2, -0.15) is 0 Å². The number of piperidine rings is 1. The highest BCUT2D eigenvalue weighted by Gasteiger charge is 2.32. The van der Waals surface area contributed by atoms with Crippen molar-refractivity contribution in [3.8, 4) is 5.75 Å². The molecule has 0 radical (unpaired) electrons. The van der Waals surface area contributed by atoms with Crippen molar-refractivity contribution in [1.29, 1.82) is 0 Å². The molecule has 3 atom stereocenters. The predicted molar refractivity (Wildman–Crippen MR) is 109 cm³/mol. The van der Waals surface area contributed by atoms with Crippen molar-refractivity contribution in [1.82, 2.24) is 15.1 Å². The molecule has 0 amide bonds. The van der Waals surface area contributed by atoms with E-state index in [2.05, 4.69) is 20.4 Å². The molecule has 29 heavy (non-hydrogen) atoms. The number of ether oxygens (including phenoxy) is 2. The molecule has 2 fully saturated rings. The largest absolute Gasteiger partial charge is 0.470 e. The average molecular weight is 419 g/mol. The maximum Gasteiger partial charge on any atom is 0.318 e. The molecule has 8 heteroatoms. The molecule has 1 aromatic heterocycles. The second-order valence-electron chi connectivity index (χ2n) is 8.15. The second-order valence-corrected chi connectivity index (χ2v) is 8.58. The van der Waals surface area contributed by atoms with Gasteiger partial charge in [-0.3, -0.25) is 4.90 Å². The maximum absolute atomic E-state index is 6.07. The summed E-state index contributed by atoms with van der Waals surface area (Å²) in [6.45, 7) is 2.88. The number of nitrogens with one attached hydrogen (secondary N) is 1. The Labute approximate surface area is 175 Å². The van der Waals surface area contributed by atoms with Crippen LogP contribution < -0.4 is 10.1 Å². The van der Waals surface area contributed by atoms with E-state index in [0.717, 1.165) is 43.9 Å². The van der Waals surface area contributed by atoms with Gasteiger partial charge in [0.15, 0.2) is 6.23 Å². The molecule has 4 heterocycles. The van der Waals surface area contributed by atoms with Gasteiger partial charge in [0, 0.05) is 30.2 Å². The minimum absolute atomic E-state index is 0.165. The van der Waals surface area contributed by atoms with E-state index in [1.165, 1.54) is 25.7 Å². The highest BCUT2D eigenvalue weighted by molar-refractivity contribution is 6.30. The zero-order chi connectivity index (χ0) is 19.6. The molecule has 3 unspecified atom stereocenters. The van der Waals surface area contributed by atoms with Crippen molar-refractivity contribution in [2.75, 3.05) is 25.0 Å². The van der Waals surface area contributed by atoms with Crippen LogP contribution in [-0.2, 0) is 11.2 Å². The number of halogens is 1. The summed E-state index contributed by atoms with van der Waals surface area (Å²) in [5.74, 6) is 1.53. The fraction of sp³-hybridized carbons (Fsp3) is 0.619. The van der Waals surface area contributed by atoms with E-state index < -0.39 is 0 Å². The van der Waals surface area contributed by atoms with Gasteiger partial charge in [-0.15, -0.1) is 5.10 Å². The molecule has 7 nitrogen and oxygen atoms in total. The molecule has 0 saturated carbocycles. The molecule has 0 aliphatic carbocycles. The zero-order valence-corrected chi connectivity index (χ0v) is 17.2. The van der Waals surface area contributed by atoms with E-state index in [1.54, 1.807) is 0 Å². The number of hydrogen-bond donors (Lipinski definition) is 1. The summed E-state index contributed by atoms with van der Waals surface area (Å²) in [5.41, 5.74) is 1.08. The standard InChI is InChI=1S/C21H27ClN4O3/c22-15-7-8-18-14(11-15)12-19(28-18)23-21-25-24-20(29-21)17-6-1-3-9-26(17)13-16-5-2-4-10-27-16/h7-8,11,16-17,19H,1-6,9-10,12-13H2,(H,23,25). The summed E-state index contributed by atoms with van der Waals surface area (Å²) in [6.07, 6.45) is 7.81. The third-order valence-corrected chi connectivity index (χ3v) is 6.27. The third-order valence-electron chi connectivity index (χ3n) is 6.03. The molecule has 3 aliphatic rings. The maximum atomic E-state index is 6.07. The van der Waals surface area contributed by atoms with Gasteiger partial charge in [0.2, 0.25) is 5.89 Å². The minimum atomic E-state index is -0.227. The van der Waals surface area contributed by atoms with Crippen LogP contribution in [0.5, 0.6) is 5.75 Å². The quantitative estimate of drug-likeness (QED) is 0.780. The lowest BCUT2D eigenvalue weighted by atomic mass is 10.00. The molecule has 2 saturated heterocycles. The van der Waals surface area contributed by atoms with Crippen LogP contribution in [0.3, 0.4) is 0 Å². The van der Waals surface area contributed by atoms with Crippen LogP contribution in [0, 0.1) is 0 Å². The summed E-state index contributed by atoms with van der Waals surface area (Å²) in [7, 11) is 0. The SMILES string of the molecule is Clc1ccc2c(c1)CC(Nc1nnc(C3CCCCN3CC3CCCCO3)o1)O2. The van der Waals surface area contributed by atoms with E-state index in [4.69, 9.17) is 25.5 Å². The predicted octanol–water partition coefficient (Wildman–Crippen LogP) is 4.19. The van der Waals surface area contributed by atoms with Crippen molar-refractivity contribution < 1.29 is 13.9 Å². The van der Waals surface area contributed by atoms with E-state index in [-0.39, 0.29) is 12.3 Å². The fourth-order valence-electron chi connectivity index (χ4n) is 4.57. The molecule has 5 rings (SSSR count). The normalized spacial score (nSPS) is 27.4. The Balaban J connectivity index is 1.23. The average Bonchev–Trinajstić information content (AvgIpc) is 3.35. The number of nitrogens with zero attached hydrogens (tertiary/aromatic N) is 3. The Bertz CT molecular complexity index is 839. The van der Waals surface area contributed by atoms with Crippen LogP contribution in [0.4, 0.5) is 6.01 Å². The van der Waals surface area contributed by atoms with Crippen molar-refractivity contribution in [2.24, 2.45) is 0 Å². The Morgan fingerprint density at radius 2 is 2.07 bits per heavy atom. The smallest absolute Gasteiger partial charge is 0.318 e. The molecule has 1 N–H and O–H groups in total. The van der Waals surface area contributed by atoms with Crippen LogP contribution in [0.25, 0.3) is 0 Å². The third kappa shape index (κ3) is 4.37. The first-order valence-corrected chi connectivity index (χ1v) is 11.0. The van der Waals surface area contributed by atoms with Crippen LogP contribution in [0.15, 0.2) is 22.6 Å². The van der Waals surface area contributed by atoms with E-state index in [9.17, 15) is 0 Å². The van der Waals surface area contributed by atoms with E-state index in [0.29, 0.717) is 29.5 Å². The van der Waals surface area contributed by atoms with Gasteiger partial charge < -0.3 is 19.2 Å². The molecule has 2 aromatic rings. The lowest BCUT2D eigenvalue weighted by Gasteiger charge is -2.36. The van der Waals surface area contributed by atoms with Gasteiger partial charge >= 0.3 is 6.01 Å². The topological polar surface area (TPSA) is 72.7 Å². The van der Waals surface area contributed by atoms with Crippen LogP contribution in [-0.4, -0.2) is 47.1 Å². The molecule has 1 aromatic carbocycles. The van der Waals surface area contributed by atoms with Gasteiger partial charge in [0.1, 0.15) is 5.75 Å². The van der Waals surface area contributed by atoms with Gasteiger partial charge in [0.05, 0.1) is 12.1 Å². The molecule has 3 aliphatic heterocycles. The first-order chi connectivity index (χ1) is 14.2. The monoisotopic (exact) mass is 418 g/mol. The minimum Gasteiger partial charge on any atom is -0.470 e. The lowest BCUT2D eigenvalue weighted by Crippen LogP contribution is -2.40. The number of fused-ring (bicyclic) bond motifs is 1. The lowest BCUT2D eigenvalue weighted by molar-refractivity contribution is -0.0225. The second kappa shape index (κ2) is 8.50. The van der Waals surface area contributed by atoms with Gasteiger partial charge in [0.25, 0.3) is 0 Å². The van der Waals surface area contributed by atoms with Crippen LogP contribution in [0.1, 0.15) is 56.0 Å². The first kappa shape index (κ1) is 19.2. The Morgan fingerprint density at radius 1 is 1.14 bits per heavy atom. The molecule has 0 spiro atoms. The summed E-state index contributed by atoms with van der Waals surface area (Å²) in [6, 6.07) is 6.24. The van der Waals surface area contributed by atoms with Gasteiger partial charge in [-0.25, -0.2) is 0 Å². The summed E-state index contributed by atoms with van der Waals surface area (Å²) in [4.78, 5) is 2.46. The number of rotatable bonds is 5. The van der Waals surface area contributed by atoms with Crippen molar-refractivity contribution in [3.63, 3.8) is 0 Å². The van der Waals surface area contributed by atoms with E-state index >= 15 is 0 Å². The van der Waals surface area contributed by atoms with Gasteiger partial charge in [-0.1, -0.05) is 23.1 Å². The Morgan fingerprint density at radius 3 is 2.97 bits per heavy atom. The Hall–Kier alpha value is -1.83. The summed E-state index contributed by atoms with van der Waals surface area (Å²) in [5, 5.41) is 12.5. The van der Waals surface area contributed by atoms with Crippen molar-refractivity contribution >= 4 is 17.6 Å². The van der Waals surface area contributed by atoms with Crippen LogP contribution in [0.2, 0.25) is 5.02 Å². The highest BCUT2D eigenvalue weighted by Crippen LogP contribution is 2.34. The first-order valence-electron chi connectivity index (χ1n) is 10.7. The van der Waals surface area contributed by atoms with Gasteiger partial charge in [-0.05, 0) is 56.8 Å². The summed E-state index contributed by atoms with van der Waals surface area (Å²) >= 11 is 6.07. The van der Waals surface area contributed by atoms with Crippen molar-refractivity contribution in [2.45, 2.75) is 63.3 Å².